The van der Waals surface area contributed by atoms with Gasteiger partial charge in [-0.1, -0.05) is 30.3 Å². The Morgan fingerprint density at radius 3 is 1.88 bits per heavy atom. The van der Waals surface area contributed by atoms with Crippen LogP contribution in [0.5, 0.6) is 0 Å². The van der Waals surface area contributed by atoms with Gasteiger partial charge in [-0.05, 0) is 19.4 Å². The van der Waals surface area contributed by atoms with Crippen molar-refractivity contribution >= 4 is 29.6 Å². The van der Waals surface area contributed by atoms with Gasteiger partial charge < -0.3 is 42.7 Å². The molecule has 0 bridgehead atoms. The zero-order valence-electron chi connectivity index (χ0n) is 18.8. The molecule has 0 aliphatic carbocycles. The van der Waals surface area contributed by atoms with E-state index < -0.39 is 72.4 Å². The molecule has 6 atom stereocenters. The monoisotopic (exact) mass is 481 g/mol. The number of hydrogen-bond acceptors (Lipinski definition) is 8. The maximum Gasteiger partial charge on any atom is 0.326 e. The lowest BCUT2D eigenvalue weighted by Crippen LogP contribution is -2.61. The average Bonchev–Trinajstić information content (AvgIpc) is 2.75. The van der Waals surface area contributed by atoms with Gasteiger partial charge in [-0.2, -0.15) is 0 Å². The summed E-state index contributed by atoms with van der Waals surface area (Å²) in [5, 5.41) is 35.5. The van der Waals surface area contributed by atoms with Crippen LogP contribution in [0.15, 0.2) is 30.3 Å². The fraction of sp³-hybridized carbons (Fsp3) is 0.476. The number of carbonyl (C=O) groups excluding carboxylic acids is 4. The Kier molecular flexibility index (Phi) is 11.1. The van der Waals surface area contributed by atoms with Gasteiger partial charge in [0.15, 0.2) is 0 Å². The molecule has 13 heteroatoms. The first-order valence-corrected chi connectivity index (χ1v) is 10.4. The van der Waals surface area contributed by atoms with Crippen LogP contribution in [0.25, 0.3) is 0 Å². The molecule has 1 rings (SSSR count). The Morgan fingerprint density at radius 1 is 0.853 bits per heavy atom. The molecule has 4 amide bonds. The second-order valence-electron chi connectivity index (χ2n) is 7.81. The number of aliphatic hydroxyl groups excluding tert-OH is 2. The maximum atomic E-state index is 12.7. The van der Waals surface area contributed by atoms with Crippen LogP contribution in [0.4, 0.5) is 0 Å². The van der Waals surface area contributed by atoms with E-state index in [1.54, 1.807) is 30.3 Å². The molecule has 0 saturated heterocycles. The zero-order chi connectivity index (χ0) is 26.0. The first-order chi connectivity index (χ1) is 15.8. The Bertz CT molecular complexity index is 877. The average molecular weight is 482 g/mol. The number of nitrogens with two attached hydrogens (primary N) is 2. The van der Waals surface area contributed by atoms with E-state index in [0.29, 0.717) is 5.56 Å². The fourth-order valence-corrected chi connectivity index (χ4v) is 2.87. The molecule has 6 unspecified atom stereocenters. The van der Waals surface area contributed by atoms with Crippen molar-refractivity contribution in [1.82, 2.24) is 16.0 Å². The van der Waals surface area contributed by atoms with Gasteiger partial charge in [0.2, 0.25) is 23.6 Å². The van der Waals surface area contributed by atoms with Crippen molar-refractivity contribution in [3.8, 4) is 0 Å². The summed E-state index contributed by atoms with van der Waals surface area (Å²) in [4.78, 5) is 60.5. The van der Waals surface area contributed by atoms with E-state index in [9.17, 15) is 39.3 Å². The molecule has 188 valence electrons. The second-order valence-corrected chi connectivity index (χ2v) is 7.81. The van der Waals surface area contributed by atoms with Crippen LogP contribution in [0.1, 0.15) is 25.8 Å². The molecule has 10 N–H and O–H groups in total. The molecule has 1 aromatic carbocycles. The third kappa shape index (κ3) is 9.13. The normalized spacial score (nSPS) is 16.1. The lowest BCUT2D eigenvalue weighted by molar-refractivity contribution is -0.143. The van der Waals surface area contributed by atoms with Crippen LogP contribution >= 0.6 is 0 Å². The van der Waals surface area contributed by atoms with Crippen molar-refractivity contribution in [3.63, 3.8) is 0 Å². The molecule has 0 saturated carbocycles. The summed E-state index contributed by atoms with van der Waals surface area (Å²) in [6.07, 6.45) is -3.45. The van der Waals surface area contributed by atoms with Crippen LogP contribution in [-0.4, -0.2) is 81.3 Å². The molecule has 13 nitrogen and oxygen atoms in total. The summed E-state index contributed by atoms with van der Waals surface area (Å²) < 4.78 is 0. The molecule has 34 heavy (non-hydrogen) atoms. The summed E-state index contributed by atoms with van der Waals surface area (Å²) in [5.41, 5.74) is 11.3. The van der Waals surface area contributed by atoms with Crippen molar-refractivity contribution in [2.24, 2.45) is 11.5 Å². The Hall–Kier alpha value is -3.55. The van der Waals surface area contributed by atoms with E-state index >= 15 is 0 Å². The van der Waals surface area contributed by atoms with Crippen LogP contribution in [-0.2, 0) is 30.4 Å². The van der Waals surface area contributed by atoms with Gasteiger partial charge in [-0.25, -0.2) is 4.79 Å². The summed E-state index contributed by atoms with van der Waals surface area (Å²) in [6, 6.07) is 2.53. The van der Waals surface area contributed by atoms with Crippen LogP contribution in [0.2, 0.25) is 0 Å². The van der Waals surface area contributed by atoms with Crippen molar-refractivity contribution in [2.75, 3.05) is 0 Å². The van der Waals surface area contributed by atoms with Gasteiger partial charge in [0.05, 0.1) is 18.6 Å². The predicted octanol–water partition coefficient (Wildman–Crippen LogP) is -3.27. The second kappa shape index (κ2) is 13.2. The first kappa shape index (κ1) is 28.5. The van der Waals surface area contributed by atoms with E-state index in [2.05, 4.69) is 16.0 Å². The number of aliphatic hydroxyl groups is 2. The van der Waals surface area contributed by atoms with Gasteiger partial charge in [0.1, 0.15) is 24.2 Å². The third-order valence-electron chi connectivity index (χ3n) is 4.82. The molecule has 1 aromatic rings. The number of carbonyl (C=O) groups is 5. The van der Waals surface area contributed by atoms with Crippen LogP contribution in [0.3, 0.4) is 0 Å². The summed E-state index contributed by atoms with van der Waals surface area (Å²) >= 11 is 0. The Morgan fingerprint density at radius 2 is 1.41 bits per heavy atom. The molecule has 0 heterocycles. The third-order valence-corrected chi connectivity index (χ3v) is 4.82. The lowest BCUT2D eigenvalue weighted by atomic mass is 10.0. The molecule has 0 aliphatic heterocycles. The number of rotatable bonds is 13. The number of primary amides is 1. The minimum absolute atomic E-state index is 0.0556. The highest BCUT2D eigenvalue weighted by atomic mass is 16.4. The summed E-state index contributed by atoms with van der Waals surface area (Å²) in [6.45, 7) is 2.43. The minimum Gasteiger partial charge on any atom is -0.480 e. The lowest BCUT2D eigenvalue weighted by Gasteiger charge is -2.26. The van der Waals surface area contributed by atoms with E-state index in [1.807, 2.05) is 0 Å². The standard InChI is InChI=1S/C21H31N5O8/c1-10(27)16(23)19(31)24-13(9-15(22)29)18(30)26-17(11(2)28)20(32)25-14(21(33)34)8-12-6-4-3-5-7-12/h3-7,10-11,13-14,16-17,27-28H,8-9,23H2,1-2H3,(H2,22,29)(H,24,31)(H,25,32)(H,26,30)(H,33,34). The van der Waals surface area contributed by atoms with Gasteiger partial charge in [-0.3, -0.25) is 19.2 Å². The smallest absolute Gasteiger partial charge is 0.326 e. The number of carboxylic acids is 1. The van der Waals surface area contributed by atoms with Crippen LogP contribution < -0.4 is 27.4 Å². The van der Waals surface area contributed by atoms with Crippen LogP contribution in [0, 0.1) is 0 Å². The highest BCUT2D eigenvalue weighted by molar-refractivity contribution is 5.96. The molecule has 0 aromatic heterocycles. The predicted molar refractivity (Wildman–Crippen MR) is 119 cm³/mol. The molecule has 0 aliphatic rings. The number of carboxylic acid groups (broad SMARTS) is 1. The van der Waals surface area contributed by atoms with Gasteiger partial charge in [-0.15, -0.1) is 0 Å². The van der Waals surface area contributed by atoms with Crippen molar-refractivity contribution in [1.29, 1.82) is 0 Å². The minimum atomic E-state index is -1.62. The van der Waals surface area contributed by atoms with Crippen molar-refractivity contribution < 1.29 is 39.3 Å². The Balaban J connectivity index is 2.98. The van der Waals surface area contributed by atoms with Crippen molar-refractivity contribution in [2.45, 2.75) is 63.1 Å². The topological polar surface area (TPSA) is 234 Å². The summed E-state index contributed by atoms with van der Waals surface area (Å²) in [7, 11) is 0. The van der Waals surface area contributed by atoms with Gasteiger partial charge in [0.25, 0.3) is 0 Å². The first-order valence-electron chi connectivity index (χ1n) is 10.4. The zero-order valence-corrected chi connectivity index (χ0v) is 18.8. The Labute approximate surface area is 195 Å². The summed E-state index contributed by atoms with van der Waals surface area (Å²) in [5.74, 6) is -5.31. The fourth-order valence-electron chi connectivity index (χ4n) is 2.87. The largest absolute Gasteiger partial charge is 0.480 e. The maximum absolute atomic E-state index is 12.7. The molecule has 0 fully saturated rings. The molecular weight excluding hydrogens is 450 g/mol. The van der Waals surface area contributed by atoms with E-state index in [0.717, 1.165) is 0 Å². The number of hydrogen-bond donors (Lipinski definition) is 8. The van der Waals surface area contributed by atoms with Gasteiger partial charge in [0, 0.05) is 6.42 Å². The number of amides is 4. The quantitative estimate of drug-likeness (QED) is 0.141. The molecule has 0 spiro atoms. The number of nitrogens with one attached hydrogen (secondary N) is 3. The van der Waals surface area contributed by atoms with E-state index in [1.165, 1.54) is 13.8 Å². The number of benzene rings is 1. The van der Waals surface area contributed by atoms with Gasteiger partial charge >= 0.3 is 5.97 Å². The molecule has 0 radical (unpaired) electrons. The van der Waals surface area contributed by atoms with E-state index in [-0.39, 0.29) is 6.42 Å². The van der Waals surface area contributed by atoms with Crippen molar-refractivity contribution in [3.05, 3.63) is 35.9 Å². The SMILES string of the molecule is CC(O)C(N)C(=O)NC(CC(N)=O)C(=O)NC(C(=O)NC(Cc1ccccc1)C(=O)O)C(C)O. The highest BCUT2D eigenvalue weighted by Gasteiger charge is 2.33. The molecular formula is C21H31N5O8. The number of aliphatic carboxylic acids is 1. The van der Waals surface area contributed by atoms with E-state index in [4.69, 9.17) is 11.5 Å². The highest BCUT2D eigenvalue weighted by Crippen LogP contribution is 2.05.